The average molecular weight is 436 g/mol. The van der Waals surface area contributed by atoms with Crippen LogP contribution in [-0.2, 0) is 0 Å². The van der Waals surface area contributed by atoms with Gasteiger partial charge in [-0.25, -0.2) is 4.68 Å². The number of rotatable bonds is 4. The standard InChI is InChI=1S/C24H19Cl2N3O/c1-15-3-7-17(8-4-15)23-14-22(28-29(23)19-10-5-16(2)6-11-19)24(30)27-18-9-12-20(25)21(26)13-18/h3-14H,1-2H3,(H,27,30). The minimum atomic E-state index is -0.326. The van der Waals surface area contributed by atoms with E-state index < -0.39 is 0 Å². The van der Waals surface area contributed by atoms with Crippen molar-refractivity contribution in [3.05, 3.63) is 99.7 Å². The number of hydrogen-bond acceptors (Lipinski definition) is 2. The van der Waals surface area contributed by atoms with E-state index in [1.54, 1.807) is 28.9 Å². The Morgan fingerprint density at radius 3 is 2.10 bits per heavy atom. The topological polar surface area (TPSA) is 46.9 Å². The van der Waals surface area contributed by atoms with Crippen LogP contribution in [0.1, 0.15) is 21.6 Å². The normalized spacial score (nSPS) is 10.8. The smallest absolute Gasteiger partial charge is 0.276 e. The molecule has 0 radical (unpaired) electrons. The largest absolute Gasteiger partial charge is 0.321 e. The van der Waals surface area contributed by atoms with Gasteiger partial charge in [-0.1, -0.05) is 70.7 Å². The predicted molar refractivity (Wildman–Crippen MR) is 123 cm³/mol. The van der Waals surface area contributed by atoms with E-state index >= 15 is 0 Å². The maximum Gasteiger partial charge on any atom is 0.276 e. The zero-order valence-corrected chi connectivity index (χ0v) is 18.0. The van der Waals surface area contributed by atoms with E-state index in [0.29, 0.717) is 21.4 Å². The number of nitrogens with zero attached hydrogens (tertiary/aromatic N) is 2. The molecule has 1 heterocycles. The van der Waals surface area contributed by atoms with Gasteiger partial charge in [0.1, 0.15) is 0 Å². The lowest BCUT2D eigenvalue weighted by Crippen LogP contribution is -2.13. The highest BCUT2D eigenvalue weighted by Crippen LogP contribution is 2.27. The fourth-order valence-corrected chi connectivity index (χ4v) is 3.37. The van der Waals surface area contributed by atoms with E-state index in [2.05, 4.69) is 10.4 Å². The second-order valence-corrected chi connectivity index (χ2v) is 7.93. The van der Waals surface area contributed by atoms with E-state index in [1.165, 1.54) is 0 Å². The van der Waals surface area contributed by atoms with Crippen LogP contribution in [0, 0.1) is 13.8 Å². The van der Waals surface area contributed by atoms with Crippen molar-refractivity contribution < 1.29 is 4.79 Å². The van der Waals surface area contributed by atoms with Crippen LogP contribution in [0.2, 0.25) is 10.0 Å². The molecule has 0 aliphatic carbocycles. The molecule has 150 valence electrons. The van der Waals surface area contributed by atoms with Crippen molar-refractivity contribution in [1.29, 1.82) is 0 Å². The van der Waals surface area contributed by atoms with Crippen LogP contribution >= 0.6 is 23.2 Å². The number of carbonyl (C=O) groups is 1. The number of hydrogen-bond donors (Lipinski definition) is 1. The number of carbonyl (C=O) groups excluding carboxylic acids is 1. The van der Waals surface area contributed by atoms with Gasteiger partial charge in [-0.05, 0) is 50.2 Å². The summed E-state index contributed by atoms with van der Waals surface area (Å²) in [6.07, 6.45) is 0. The maximum atomic E-state index is 12.9. The summed E-state index contributed by atoms with van der Waals surface area (Å²) in [4.78, 5) is 12.9. The zero-order chi connectivity index (χ0) is 21.3. The molecule has 6 heteroatoms. The van der Waals surface area contributed by atoms with Gasteiger partial charge in [-0.2, -0.15) is 5.10 Å². The van der Waals surface area contributed by atoms with Crippen molar-refractivity contribution >= 4 is 34.8 Å². The lowest BCUT2D eigenvalue weighted by atomic mass is 10.1. The Balaban J connectivity index is 1.74. The summed E-state index contributed by atoms with van der Waals surface area (Å²) in [6.45, 7) is 4.07. The highest BCUT2D eigenvalue weighted by atomic mass is 35.5. The Kier molecular flexibility index (Phi) is 5.62. The van der Waals surface area contributed by atoms with Crippen LogP contribution in [0.4, 0.5) is 5.69 Å². The van der Waals surface area contributed by atoms with Crippen LogP contribution in [0.15, 0.2) is 72.8 Å². The second-order valence-electron chi connectivity index (χ2n) is 7.11. The summed E-state index contributed by atoms with van der Waals surface area (Å²) in [7, 11) is 0. The molecule has 1 aromatic heterocycles. The fourth-order valence-electron chi connectivity index (χ4n) is 3.07. The molecule has 0 saturated carbocycles. The molecule has 0 aliphatic rings. The monoisotopic (exact) mass is 435 g/mol. The van der Waals surface area contributed by atoms with Crippen molar-refractivity contribution in [3.8, 4) is 16.9 Å². The fraction of sp³-hybridized carbons (Fsp3) is 0.0833. The number of anilines is 1. The third-order valence-electron chi connectivity index (χ3n) is 4.75. The van der Waals surface area contributed by atoms with Crippen molar-refractivity contribution in [3.63, 3.8) is 0 Å². The molecular weight excluding hydrogens is 417 g/mol. The summed E-state index contributed by atoms with van der Waals surface area (Å²) in [5, 5.41) is 8.23. The molecule has 4 nitrogen and oxygen atoms in total. The van der Waals surface area contributed by atoms with Gasteiger partial charge in [0.2, 0.25) is 0 Å². The molecule has 1 amide bonds. The van der Waals surface area contributed by atoms with E-state index in [1.807, 2.05) is 62.4 Å². The number of aromatic nitrogens is 2. The van der Waals surface area contributed by atoms with E-state index in [-0.39, 0.29) is 5.91 Å². The van der Waals surface area contributed by atoms with Gasteiger partial charge in [-0.15, -0.1) is 0 Å². The van der Waals surface area contributed by atoms with E-state index in [9.17, 15) is 4.79 Å². The van der Waals surface area contributed by atoms with E-state index in [0.717, 1.165) is 28.1 Å². The Labute approximate surface area is 185 Å². The van der Waals surface area contributed by atoms with Gasteiger partial charge >= 0.3 is 0 Å². The van der Waals surface area contributed by atoms with Crippen molar-refractivity contribution in [2.24, 2.45) is 0 Å². The number of benzene rings is 3. The van der Waals surface area contributed by atoms with Crippen LogP contribution in [0.25, 0.3) is 16.9 Å². The minimum Gasteiger partial charge on any atom is -0.321 e. The first-order valence-electron chi connectivity index (χ1n) is 9.41. The van der Waals surface area contributed by atoms with Crippen LogP contribution < -0.4 is 5.32 Å². The lowest BCUT2D eigenvalue weighted by molar-refractivity contribution is 0.102. The van der Waals surface area contributed by atoms with Gasteiger partial charge in [0.15, 0.2) is 5.69 Å². The molecule has 0 bridgehead atoms. The number of halogens is 2. The molecule has 0 fully saturated rings. The molecule has 0 aliphatic heterocycles. The molecule has 4 rings (SSSR count). The van der Waals surface area contributed by atoms with Gasteiger partial charge < -0.3 is 5.32 Å². The van der Waals surface area contributed by atoms with E-state index in [4.69, 9.17) is 23.2 Å². The first-order valence-corrected chi connectivity index (χ1v) is 10.2. The SMILES string of the molecule is Cc1ccc(-c2cc(C(=O)Nc3ccc(Cl)c(Cl)c3)nn2-c2ccc(C)cc2)cc1. The average Bonchev–Trinajstić information content (AvgIpc) is 3.17. The van der Waals surface area contributed by atoms with Crippen LogP contribution in [-0.4, -0.2) is 15.7 Å². The maximum absolute atomic E-state index is 12.9. The quantitative estimate of drug-likeness (QED) is 0.386. The zero-order valence-electron chi connectivity index (χ0n) is 16.5. The van der Waals surface area contributed by atoms with Crippen LogP contribution in [0.5, 0.6) is 0 Å². The minimum absolute atomic E-state index is 0.303. The van der Waals surface area contributed by atoms with Crippen molar-refractivity contribution in [1.82, 2.24) is 9.78 Å². The van der Waals surface area contributed by atoms with Crippen molar-refractivity contribution in [2.75, 3.05) is 5.32 Å². The Morgan fingerprint density at radius 2 is 1.47 bits per heavy atom. The van der Waals surface area contributed by atoms with Gasteiger partial charge in [0.25, 0.3) is 5.91 Å². The molecule has 3 aromatic carbocycles. The summed E-state index contributed by atoms with van der Waals surface area (Å²) in [5.74, 6) is -0.326. The number of amides is 1. The third-order valence-corrected chi connectivity index (χ3v) is 5.48. The molecule has 0 atom stereocenters. The summed E-state index contributed by atoms with van der Waals surface area (Å²) < 4.78 is 1.79. The van der Waals surface area contributed by atoms with Gasteiger partial charge in [0.05, 0.1) is 21.4 Å². The van der Waals surface area contributed by atoms with Crippen LogP contribution in [0.3, 0.4) is 0 Å². The first-order chi connectivity index (χ1) is 14.4. The molecule has 0 spiro atoms. The predicted octanol–water partition coefficient (Wildman–Crippen LogP) is 6.72. The summed E-state index contributed by atoms with van der Waals surface area (Å²) >= 11 is 12.0. The van der Waals surface area contributed by atoms with Crippen molar-refractivity contribution in [2.45, 2.75) is 13.8 Å². The molecule has 0 unspecified atom stereocenters. The van der Waals surface area contributed by atoms with Gasteiger partial charge in [-0.3, -0.25) is 4.79 Å². The third kappa shape index (κ3) is 4.25. The number of nitrogens with one attached hydrogen (secondary N) is 1. The summed E-state index contributed by atoms with van der Waals surface area (Å²) in [5.41, 5.74) is 5.86. The Bertz CT molecular complexity index is 1150. The second kappa shape index (κ2) is 8.34. The highest BCUT2D eigenvalue weighted by Gasteiger charge is 2.17. The summed E-state index contributed by atoms with van der Waals surface area (Å²) in [6, 6.07) is 22.9. The lowest BCUT2D eigenvalue weighted by Gasteiger charge is -2.08. The molecule has 0 saturated heterocycles. The Hall–Kier alpha value is -3.08. The molecule has 1 N–H and O–H groups in total. The van der Waals surface area contributed by atoms with Gasteiger partial charge in [0, 0.05) is 11.3 Å². The molecule has 4 aromatic rings. The Morgan fingerprint density at radius 1 is 0.833 bits per heavy atom. The number of aryl methyl sites for hydroxylation is 2. The highest BCUT2D eigenvalue weighted by molar-refractivity contribution is 6.42. The molecular formula is C24H19Cl2N3O. The first kappa shape index (κ1) is 20.2. The molecule has 30 heavy (non-hydrogen) atoms.